The van der Waals surface area contributed by atoms with Crippen molar-refractivity contribution < 1.29 is 4.79 Å². The van der Waals surface area contributed by atoms with Crippen LogP contribution in [0.3, 0.4) is 0 Å². The SMILES string of the molecule is Cc1cc(Nc2cc(N)ccc2C(N)=O)nn1C. The average molecular weight is 245 g/mol. The standard InChI is InChI=1S/C12H15N5O/c1-7-5-11(16-17(7)2)15-10-6-8(13)3-4-9(10)12(14)18/h3-6H,13H2,1-2H3,(H2,14,18)(H,15,16). The lowest BCUT2D eigenvalue weighted by Gasteiger charge is -2.08. The normalized spacial score (nSPS) is 10.3. The number of aromatic nitrogens is 2. The second-order valence-electron chi connectivity index (χ2n) is 4.09. The summed E-state index contributed by atoms with van der Waals surface area (Å²) in [6.45, 7) is 1.94. The van der Waals surface area contributed by atoms with Crippen LogP contribution >= 0.6 is 0 Å². The van der Waals surface area contributed by atoms with E-state index in [1.54, 1.807) is 22.9 Å². The second-order valence-corrected chi connectivity index (χ2v) is 4.09. The molecule has 0 spiro atoms. The number of primary amides is 1. The lowest BCUT2D eigenvalue weighted by Crippen LogP contribution is -2.13. The van der Waals surface area contributed by atoms with Gasteiger partial charge in [0, 0.05) is 24.5 Å². The fourth-order valence-electron chi connectivity index (χ4n) is 1.64. The number of nitrogens with zero attached hydrogens (tertiary/aromatic N) is 2. The lowest BCUT2D eigenvalue weighted by molar-refractivity contribution is 0.100. The van der Waals surface area contributed by atoms with Crippen LogP contribution in [-0.2, 0) is 7.05 Å². The molecular weight excluding hydrogens is 230 g/mol. The molecular formula is C12H15N5O. The first-order valence-electron chi connectivity index (χ1n) is 5.44. The summed E-state index contributed by atoms with van der Waals surface area (Å²) in [7, 11) is 1.84. The van der Waals surface area contributed by atoms with Gasteiger partial charge in [-0.05, 0) is 25.1 Å². The Hall–Kier alpha value is -2.50. The Labute approximate surface area is 105 Å². The molecule has 0 unspecified atom stereocenters. The van der Waals surface area contributed by atoms with Gasteiger partial charge in [0.15, 0.2) is 5.82 Å². The minimum atomic E-state index is -0.509. The summed E-state index contributed by atoms with van der Waals surface area (Å²) in [5.74, 6) is 0.133. The molecule has 0 saturated heterocycles. The van der Waals surface area contributed by atoms with Crippen LogP contribution in [0, 0.1) is 6.92 Å². The van der Waals surface area contributed by atoms with Gasteiger partial charge in [-0.3, -0.25) is 9.48 Å². The maximum atomic E-state index is 11.3. The van der Waals surface area contributed by atoms with Crippen molar-refractivity contribution in [3.05, 3.63) is 35.5 Å². The summed E-state index contributed by atoms with van der Waals surface area (Å²) in [4.78, 5) is 11.3. The molecule has 1 heterocycles. The van der Waals surface area contributed by atoms with E-state index in [1.165, 1.54) is 0 Å². The van der Waals surface area contributed by atoms with Gasteiger partial charge in [-0.15, -0.1) is 0 Å². The van der Waals surface area contributed by atoms with Gasteiger partial charge >= 0.3 is 0 Å². The maximum Gasteiger partial charge on any atom is 0.250 e. The molecule has 1 aromatic carbocycles. The Balaban J connectivity index is 2.38. The van der Waals surface area contributed by atoms with E-state index < -0.39 is 5.91 Å². The lowest BCUT2D eigenvalue weighted by atomic mass is 10.1. The van der Waals surface area contributed by atoms with Crippen molar-refractivity contribution in [3.8, 4) is 0 Å². The highest BCUT2D eigenvalue weighted by Crippen LogP contribution is 2.23. The van der Waals surface area contributed by atoms with E-state index in [-0.39, 0.29) is 0 Å². The third-order valence-electron chi connectivity index (χ3n) is 2.69. The third kappa shape index (κ3) is 2.27. The molecule has 1 amide bonds. The number of hydrogen-bond acceptors (Lipinski definition) is 4. The van der Waals surface area contributed by atoms with E-state index in [4.69, 9.17) is 11.5 Å². The number of amides is 1. The molecule has 2 aromatic rings. The van der Waals surface area contributed by atoms with Crippen LogP contribution in [0.15, 0.2) is 24.3 Å². The molecule has 0 fully saturated rings. The molecule has 94 valence electrons. The highest BCUT2D eigenvalue weighted by atomic mass is 16.1. The zero-order chi connectivity index (χ0) is 13.3. The molecule has 5 N–H and O–H groups in total. The maximum absolute atomic E-state index is 11.3. The van der Waals surface area contributed by atoms with E-state index in [9.17, 15) is 4.79 Å². The van der Waals surface area contributed by atoms with Crippen LogP contribution in [0.4, 0.5) is 17.2 Å². The van der Waals surface area contributed by atoms with Crippen LogP contribution in [0.1, 0.15) is 16.1 Å². The number of nitrogens with two attached hydrogens (primary N) is 2. The molecule has 0 aliphatic rings. The average Bonchev–Trinajstić information content (AvgIpc) is 2.57. The molecule has 6 nitrogen and oxygen atoms in total. The fraction of sp³-hybridized carbons (Fsp3) is 0.167. The van der Waals surface area contributed by atoms with Gasteiger partial charge < -0.3 is 16.8 Å². The molecule has 2 rings (SSSR count). The van der Waals surface area contributed by atoms with Gasteiger partial charge in [0.05, 0.1) is 11.3 Å². The van der Waals surface area contributed by atoms with Crippen molar-refractivity contribution in [2.75, 3.05) is 11.1 Å². The number of anilines is 3. The summed E-state index contributed by atoms with van der Waals surface area (Å²) in [5.41, 5.74) is 13.5. The zero-order valence-electron chi connectivity index (χ0n) is 10.3. The van der Waals surface area contributed by atoms with Crippen LogP contribution < -0.4 is 16.8 Å². The number of hydrogen-bond donors (Lipinski definition) is 3. The Morgan fingerprint density at radius 1 is 1.39 bits per heavy atom. The number of carbonyl (C=O) groups is 1. The minimum Gasteiger partial charge on any atom is -0.399 e. The van der Waals surface area contributed by atoms with Gasteiger partial charge in [0.25, 0.3) is 5.91 Å². The Bertz CT molecular complexity index is 583. The number of nitrogen functional groups attached to an aromatic ring is 1. The Morgan fingerprint density at radius 2 is 2.11 bits per heavy atom. The number of rotatable bonds is 3. The van der Waals surface area contributed by atoms with Crippen LogP contribution in [-0.4, -0.2) is 15.7 Å². The number of aryl methyl sites for hydroxylation is 2. The number of benzene rings is 1. The van der Waals surface area contributed by atoms with Crippen molar-refractivity contribution in [2.24, 2.45) is 12.8 Å². The largest absolute Gasteiger partial charge is 0.399 e. The van der Waals surface area contributed by atoms with Crippen LogP contribution in [0.5, 0.6) is 0 Å². The Morgan fingerprint density at radius 3 is 2.67 bits per heavy atom. The number of nitrogens with one attached hydrogen (secondary N) is 1. The molecule has 0 saturated carbocycles. The van der Waals surface area contributed by atoms with Gasteiger partial charge in [-0.1, -0.05) is 0 Å². The molecule has 0 atom stereocenters. The molecule has 0 bridgehead atoms. The van der Waals surface area contributed by atoms with Crippen LogP contribution in [0.2, 0.25) is 0 Å². The first kappa shape index (κ1) is 12.0. The zero-order valence-corrected chi connectivity index (χ0v) is 10.3. The van der Waals surface area contributed by atoms with E-state index >= 15 is 0 Å². The smallest absolute Gasteiger partial charge is 0.250 e. The van der Waals surface area contributed by atoms with E-state index in [0.29, 0.717) is 22.8 Å². The first-order chi connectivity index (χ1) is 8.47. The second kappa shape index (κ2) is 4.40. The van der Waals surface area contributed by atoms with Crippen molar-refractivity contribution in [1.82, 2.24) is 9.78 Å². The summed E-state index contributed by atoms with van der Waals surface area (Å²) in [6.07, 6.45) is 0. The summed E-state index contributed by atoms with van der Waals surface area (Å²) in [5, 5.41) is 7.29. The molecule has 0 aliphatic heterocycles. The molecule has 1 aromatic heterocycles. The van der Waals surface area contributed by atoms with Gasteiger partial charge in [-0.25, -0.2) is 0 Å². The predicted molar refractivity (Wildman–Crippen MR) is 70.6 cm³/mol. The highest BCUT2D eigenvalue weighted by molar-refractivity contribution is 5.99. The summed E-state index contributed by atoms with van der Waals surface area (Å²) >= 11 is 0. The van der Waals surface area contributed by atoms with E-state index in [1.807, 2.05) is 20.0 Å². The Kier molecular flexibility index (Phi) is 2.93. The highest BCUT2D eigenvalue weighted by Gasteiger charge is 2.10. The van der Waals surface area contributed by atoms with E-state index in [0.717, 1.165) is 5.69 Å². The summed E-state index contributed by atoms with van der Waals surface area (Å²) in [6, 6.07) is 6.75. The summed E-state index contributed by atoms with van der Waals surface area (Å²) < 4.78 is 1.73. The van der Waals surface area contributed by atoms with Crippen molar-refractivity contribution in [3.63, 3.8) is 0 Å². The van der Waals surface area contributed by atoms with Crippen molar-refractivity contribution >= 4 is 23.1 Å². The molecule has 18 heavy (non-hydrogen) atoms. The van der Waals surface area contributed by atoms with Crippen LogP contribution in [0.25, 0.3) is 0 Å². The topological polar surface area (TPSA) is 99.0 Å². The van der Waals surface area contributed by atoms with Gasteiger partial charge in [0.2, 0.25) is 0 Å². The monoisotopic (exact) mass is 245 g/mol. The predicted octanol–water partition coefficient (Wildman–Crippen LogP) is 1.15. The van der Waals surface area contributed by atoms with Crippen molar-refractivity contribution in [2.45, 2.75) is 6.92 Å². The number of carbonyl (C=O) groups excluding carboxylic acids is 1. The van der Waals surface area contributed by atoms with Crippen molar-refractivity contribution in [1.29, 1.82) is 0 Å². The molecule has 6 heteroatoms. The minimum absolute atomic E-state index is 0.382. The first-order valence-corrected chi connectivity index (χ1v) is 5.44. The van der Waals surface area contributed by atoms with Gasteiger partial charge in [-0.2, -0.15) is 5.10 Å². The third-order valence-corrected chi connectivity index (χ3v) is 2.69. The molecule has 0 aliphatic carbocycles. The quantitative estimate of drug-likeness (QED) is 0.706. The van der Waals surface area contributed by atoms with Gasteiger partial charge in [0.1, 0.15) is 0 Å². The fourth-order valence-corrected chi connectivity index (χ4v) is 1.64. The van der Waals surface area contributed by atoms with E-state index in [2.05, 4.69) is 10.4 Å². The molecule has 0 radical (unpaired) electrons.